The predicted octanol–water partition coefficient (Wildman–Crippen LogP) is -0.0512. The number of nitrogens with zero attached hydrogens (tertiary/aromatic N) is 1. The monoisotopic (exact) mass is 223 g/mol. The van der Waals surface area contributed by atoms with Gasteiger partial charge in [-0.2, -0.15) is 0 Å². The lowest BCUT2D eigenvalue weighted by atomic mass is 9.92. The summed E-state index contributed by atoms with van der Waals surface area (Å²) in [4.78, 5) is 14.2. The third kappa shape index (κ3) is 2.23. The van der Waals surface area contributed by atoms with E-state index in [1.807, 2.05) is 0 Å². The molecule has 2 saturated heterocycles. The van der Waals surface area contributed by atoms with Crippen molar-refractivity contribution in [3.63, 3.8) is 0 Å². The van der Waals surface area contributed by atoms with Crippen LogP contribution in [-0.4, -0.2) is 49.1 Å². The number of rotatable bonds is 3. The molecule has 2 unspecified atom stereocenters. The van der Waals surface area contributed by atoms with E-state index in [1.54, 1.807) is 0 Å². The lowest BCUT2D eigenvalue weighted by Gasteiger charge is -2.36. The quantitative estimate of drug-likeness (QED) is 0.705. The molecular formula is C12H21N3O. The second-order valence-corrected chi connectivity index (χ2v) is 5.44. The summed E-state index contributed by atoms with van der Waals surface area (Å²) in [7, 11) is 0. The van der Waals surface area contributed by atoms with Crippen LogP contribution in [0.25, 0.3) is 0 Å². The molecule has 0 bridgehead atoms. The summed E-state index contributed by atoms with van der Waals surface area (Å²) in [6.07, 6.45) is 4.94. The smallest absolute Gasteiger partial charge is 0.234 e. The molecular weight excluding hydrogens is 202 g/mol. The number of fused-ring (bicyclic) bond motifs is 1. The van der Waals surface area contributed by atoms with Crippen LogP contribution < -0.4 is 10.6 Å². The first-order chi connectivity index (χ1) is 7.83. The summed E-state index contributed by atoms with van der Waals surface area (Å²) in [5.41, 5.74) is 0. The number of piperidine rings is 1. The zero-order chi connectivity index (χ0) is 11.0. The molecule has 0 aromatic heterocycles. The van der Waals surface area contributed by atoms with Gasteiger partial charge in [0.15, 0.2) is 0 Å². The van der Waals surface area contributed by atoms with Gasteiger partial charge in [0.1, 0.15) is 0 Å². The van der Waals surface area contributed by atoms with E-state index in [9.17, 15) is 4.79 Å². The summed E-state index contributed by atoms with van der Waals surface area (Å²) in [5.74, 6) is 1.01. The van der Waals surface area contributed by atoms with Gasteiger partial charge >= 0.3 is 0 Å². The van der Waals surface area contributed by atoms with E-state index in [0.717, 1.165) is 25.6 Å². The van der Waals surface area contributed by atoms with Crippen molar-refractivity contribution in [1.29, 1.82) is 0 Å². The summed E-state index contributed by atoms with van der Waals surface area (Å²) < 4.78 is 0. The highest BCUT2D eigenvalue weighted by Crippen LogP contribution is 2.26. The minimum absolute atomic E-state index is 0.232. The predicted molar refractivity (Wildman–Crippen MR) is 62.1 cm³/mol. The molecule has 16 heavy (non-hydrogen) atoms. The number of likely N-dealkylation sites (tertiary alicyclic amines) is 1. The molecule has 1 saturated carbocycles. The van der Waals surface area contributed by atoms with Crippen LogP contribution in [0.3, 0.4) is 0 Å². The van der Waals surface area contributed by atoms with Gasteiger partial charge in [-0.05, 0) is 44.7 Å². The van der Waals surface area contributed by atoms with Crippen LogP contribution in [0, 0.1) is 5.92 Å². The molecule has 0 aromatic rings. The van der Waals surface area contributed by atoms with Gasteiger partial charge in [0, 0.05) is 18.6 Å². The van der Waals surface area contributed by atoms with Crippen LogP contribution in [0.1, 0.15) is 25.7 Å². The summed E-state index contributed by atoms with van der Waals surface area (Å²) in [5, 5.41) is 6.53. The molecule has 2 aliphatic heterocycles. The SMILES string of the molecule is O=C(CN1CCCC2CNCC21)NC1CC1. The van der Waals surface area contributed by atoms with E-state index < -0.39 is 0 Å². The molecule has 1 amide bonds. The molecule has 2 N–H and O–H groups in total. The molecule has 0 spiro atoms. The molecule has 1 aliphatic carbocycles. The number of hydrogen-bond acceptors (Lipinski definition) is 3. The van der Waals surface area contributed by atoms with E-state index in [4.69, 9.17) is 0 Å². The minimum Gasteiger partial charge on any atom is -0.352 e. The van der Waals surface area contributed by atoms with Gasteiger partial charge in [-0.25, -0.2) is 0 Å². The van der Waals surface area contributed by atoms with Crippen molar-refractivity contribution in [1.82, 2.24) is 15.5 Å². The second kappa shape index (κ2) is 4.34. The zero-order valence-corrected chi connectivity index (χ0v) is 9.74. The molecule has 0 aromatic carbocycles. The summed E-state index contributed by atoms with van der Waals surface area (Å²) >= 11 is 0. The van der Waals surface area contributed by atoms with Gasteiger partial charge in [-0.15, -0.1) is 0 Å². The Bertz CT molecular complexity index is 277. The van der Waals surface area contributed by atoms with Gasteiger partial charge in [0.25, 0.3) is 0 Å². The number of carbonyl (C=O) groups excluding carboxylic acids is 1. The fraction of sp³-hybridized carbons (Fsp3) is 0.917. The minimum atomic E-state index is 0.232. The standard InChI is InChI=1S/C12H21N3O/c16-12(14-10-3-4-10)8-15-5-1-2-9-6-13-7-11(9)15/h9-11,13H,1-8H2,(H,14,16). The second-order valence-electron chi connectivity index (χ2n) is 5.44. The van der Waals surface area contributed by atoms with Crippen molar-refractivity contribution in [2.45, 2.75) is 37.8 Å². The van der Waals surface area contributed by atoms with E-state index >= 15 is 0 Å². The highest BCUT2D eigenvalue weighted by atomic mass is 16.2. The molecule has 3 aliphatic rings. The molecule has 2 atom stereocenters. The number of nitrogens with one attached hydrogen (secondary N) is 2. The average molecular weight is 223 g/mol. The van der Waals surface area contributed by atoms with Gasteiger partial charge in [-0.3, -0.25) is 9.69 Å². The molecule has 3 fully saturated rings. The molecule has 2 heterocycles. The number of hydrogen-bond donors (Lipinski definition) is 2. The Labute approximate surface area is 96.8 Å². The fourth-order valence-corrected chi connectivity index (χ4v) is 3.05. The normalized spacial score (nSPS) is 34.8. The Hall–Kier alpha value is -0.610. The first kappa shape index (κ1) is 10.5. The van der Waals surface area contributed by atoms with Crippen molar-refractivity contribution in [3.8, 4) is 0 Å². The van der Waals surface area contributed by atoms with Gasteiger partial charge in [0.2, 0.25) is 5.91 Å². The average Bonchev–Trinajstić information content (AvgIpc) is 2.94. The van der Waals surface area contributed by atoms with Crippen molar-refractivity contribution in [2.75, 3.05) is 26.2 Å². The van der Waals surface area contributed by atoms with Gasteiger partial charge in [0.05, 0.1) is 6.54 Å². The maximum absolute atomic E-state index is 11.8. The Morgan fingerprint density at radius 2 is 2.19 bits per heavy atom. The third-order valence-electron chi connectivity index (χ3n) is 4.08. The lowest BCUT2D eigenvalue weighted by Crippen LogP contribution is -2.49. The van der Waals surface area contributed by atoms with Crippen molar-refractivity contribution >= 4 is 5.91 Å². The zero-order valence-electron chi connectivity index (χ0n) is 9.74. The number of carbonyl (C=O) groups is 1. The first-order valence-electron chi connectivity index (χ1n) is 6.57. The van der Waals surface area contributed by atoms with E-state index in [0.29, 0.717) is 18.6 Å². The maximum Gasteiger partial charge on any atom is 0.234 e. The molecule has 90 valence electrons. The summed E-state index contributed by atoms with van der Waals surface area (Å²) in [6.45, 7) is 3.92. The Morgan fingerprint density at radius 1 is 1.31 bits per heavy atom. The van der Waals surface area contributed by atoms with E-state index in [-0.39, 0.29) is 5.91 Å². The number of amides is 1. The Morgan fingerprint density at radius 3 is 3.00 bits per heavy atom. The van der Waals surface area contributed by atoms with Crippen LogP contribution in [0.2, 0.25) is 0 Å². The molecule has 0 radical (unpaired) electrons. The van der Waals surface area contributed by atoms with Gasteiger partial charge in [-0.1, -0.05) is 0 Å². The first-order valence-corrected chi connectivity index (χ1v) is 6.57. The molecule has 4 heteroatoms. The van der Waals surface area contributed by atoms with Gasteiger partial charge < -0.3 is 10.6 Å². The fourth-order valence-electron chi connectivity index (χ4n) is 3.05. The van der Waals surface area contributed by atoms with Crippen molar-refractivity contribution in [2.24, 2.45) is 5.92 Å². The Balaban J connectivity index is 1.53. The highest BCUT2D eigenvalue weighted by molar-refractivity contribution is 5.78. The topological polar surface area (TPSA) is 44.4 Å². The molecule has 3 rings (SSSR count). The van der Waals surface area contributed by atoms with E-state index in [1.165, 1.54) is 25.7 Å². The van der Waals surface area contributed by atoms with Crippen molar-refractivity contribution < 1.29 is 4.79 Å². The van der Waals surface area contributed by atoms with Crippen LogP contribution in [0.5, 0.6) is 0 Å². The van der Waals surface area contributed by atoms with Crippen LogP contribution in [0.4, 0.5) is 0 Å². The summed E-state index contributed by atoms with van der Waals surface area (Å²) in [6, 6.07) is 1.11. The molecule has 4 nitrogen and oxygen atoms in total. The third-order valence-corrected chi connectivity index (χ3v) is 4.08. The van der Waals surface area contributed by atoms with Crippen molar-refractivity contribution in [3.05, 3.63) is 0 Å². The largest absolute Gasteiger partial charge is 0.352 e. The maximum atomic E-state index is 11.8. The lowest BCUT2D eigenvalue weighted by molar-refractivity contribution is -0.123. The van der Waals surface area contributed by atoms with Crippen LogP contribution in [-0.2, 0) is 4.79 Å². The van der Waals surface area contributed by atoms with Crippen LogP contribution >= 0.6 is 0 Å². The van der Waals surface area contributed by atoms with E-state index in [2.05, 4.69) is 15.5 Å². The van der Waals surface area contributed by atoms with Crippen LogP contribution in [0.15, 0.2) is 0 Å². The Kier molecular flexibility index (Phi) is 2.86. The highest BCUT2D eigenvalue weighted by Gasteiger charge is 2.36.